The second kappa shape index (κ2) is 12.8. The van der Waals surface area contributed by atoms with E-state index >= 15 is 0 Å². The van der Waals surface area contributed by atoms with E-state index in [9.17, 15) is 14.9 Å². The van der Waals surface area contributed by atoms with Gasteiger partial charge in [0, 0.05) is 29.7 Å². The predicted molar refractivity (Wildman–Crippen MR) is 163 cm³/mol. The van der Waals surface area contributed by atoms with Crippen LogP contribution in [-0.2, 0) is 18.2 Å². The van der Waals surface area contributed by atoms with Gasteiger partial charge in [0.1, 0.15) is 16.5 Å². The monoisotopic (exact) mass is 606 g/mol. The lowest BCUT2D eigenvalue weighted by atomic mass is 9.81. The van der Waals surface area contributed by atoms with Crippen LogP contribution in [0.1, 0.15) is 76.6 Å². The van der Waals surface area contributed by atoms with Crippen LogP contribution in [0.4, 0.5) is 0 Å². The number of aryl methyl sites for hydroxylation is 2. The second-order valence-electron chi connectivity index (χ2n) is 10.3. The lowest BCUT2D eigenvalue weighted by molar-refractivity contribution is 0.0517. The maximum absolute atomic E-state index is 13.6. The summed E-state index contributed by atoms with van der Waals surface area (Å²) in [6.07, 6.45) is 2.14. The molecule has 0 N–H and O–H groups in total. The van der Waals surface area contributed by atoms with Gasteiger partial charge in [0.05, 0.1) is 31.0 Å². The molecule has 218 valence electrons. The second-order valence-corrected chi connectivity index (χ2v) is 11.1. The number of hydrogen-bond donors (Lipinski definition) is 0. The Morgan fingerprint density at radius 2 is 1.88 bits per heavy atom. The van der Waals surface area contributed by atoms with Crippen molar-refractivity contribution < 1.29 is 14.3 Å². The minimum atomic E-state index is -0.571. The number of halogens is 2. The summed E-state index contributed by atoms with van der Waals surface area (Å²) in [6.45, 7) is 7.90. The Balaban J connectivity index is 2.11. The maximum atomic E-state index is 13.6. The molecule has 2 aromatic heterocycles. The van der Waals surface area contributed by atoms with E-state index in [4.69, 9.17) is 37.8 Å². The van der Waals surface area contributed by atoms with Crippen molar-refractivity contribution in [3.05, 3.63) is 108 Å². The van der Waals surface area contributed by atoms with Crippen LogP contribution in [0, 0.1) is 18.3 Å². The first-order valence-corrected chi connectivity index (χ1v) is 14.3. The molecule has 10 heteroatoms. The number of esters is 1. The van der Waals surface area contributed by atoms with E-state index in [1.165, 1.54) is 4.57 Å². The van der Waals surface area contributed by atoms with E-state index in [0.29, 0.717) is 34.0 Å². The zero-order valence-corrected chi connectivity index (χ0v) is 25.9. The zero-order valence-electron chi connectivity index (χ0n) is 24.4. The van der Waals surface area contributed by atoms with Gasteiger partial charge >= 0.3 is 5.97 Å². The Morgan fingerprint density at radius 3 is 2.48 bits per heavy atom. The molecular weight excluding hydrogens is 575 g/mol. The summed E-state index contributed by atoms with van der Waals surface area (Å²) < 4.78 is 14.3. The highest BCUT2D eigenvalue weighted by molar-refractivity contribution is 6.30. The number of carbonyl (C=O) groups excluding carboxylic acids is 1. The molecule has 0 bridgehead atoms. The quantitative estimate of drug-likeness (QED) is 0.196. The van der Waals surface area contributed by atoms with Crippen molar-refractivity contribution in [1.82, 2.24) is 14.3 Å². The van der Waals surface area contributed by atoms with Crippen molar-refractivity contribution in [2.75, 3.05) is 13.7 Å². The van der Waals surface area contributed by atoms with Gasteiger partial charge in [-0.1, -0.05) is 43.1 Å². The number of ether oxygens (including phenoxy) is 2. The molecule has 0 radical (unpaired) electrons. The lowest BCUT2D eigenvalue weighted by Crippen LogP contribution is -2.19. The summed E-state index contributed by atoms with van der Waals surface area (Å²) in [5.41, 5.74) is 4.85. The van der Waals surface area contributed by atoms with Gasteiger partial charge in [-0.25, -0.2) is 9.48 Å². The molecule has 1 atom stereocenters. The van der Waals surface area contributed by atoms with E-state index in [1.807, 2.05) is 39.0 Å². The highest BCUT2D eigenvalue weighted by Crippen LogP contribution is 2.40. The van der Waals surface area contributed by atoms with Gasteiger partial charge in [0.15, 0.2) is 5.69 Å². The van der Waals surface area contributed by atoms with Crippen LogP contribution in [0.2, 0.25) is 10.0 Å². The highest BCUT2D eigenvalue weighted by atomic mass is 35.5. The highest BCUT2D eigenvalue weighted by Gasteiger charge is 2.34. The van der Waals surface area contributed by atoms with E-state index in [-0.39, 0.29) is 28.8 Å². The molecule has 2 aromatic carbocycles. The van der Waals surface area contributed by atoms with Gasteiger partial charge in [-0.15, -0.1) is 0 Å². The van der Waals surface area contributed by atoms with Crippen LogP contribution in [0.3, 0.4) is 0 Å². The number of benzene rings is 2. The molecule has 0 aliphatic carbocycles. The summed E-state index contributed by atoms with van der Waals surface area (Å²) in [7, 11) is 3.19. The molecule has 1 unspecified atom stereocenters. The Labute approximate surface area is 255 Å². The third kappa shape index (κ3) is 6.08. The third-order valence-electron chi connectivity index (χ3n) is 7.10. The van der Waals surface area contributed by atoms with Crippen molar-refractivity contribution in [2.45, 2.75) is 46.0 Å². The van der Waals surface area contributed by atoms with Gasteiger partial charge in [-0.2, -0.15) is 10.4 Å². The number of hydrogen-bond acceptors (Lipinski definition) is 6. The standard InChI is InChI=1S/C32H32Cl2N4O4/c1-7-42-32(40)29-28(30(18(2)3)38(36-29)26-15-20(16-35)8-11-27(26)41-6)24(23-10-9-22(33)12-19(23)4)13-21-14-25(34)31(39)37(5)17-21/h8-12,14-15,17-18,24H,7,13H2,1-6H3. The summed E-state index contributed by atoms with van der Waals surface area (Å²) >= 11 is 12.7. The minimum absolute atomic E-state index is 0.102. The van der Waals surface area contributed by atoms with Crippen molar-refractivity contribution in [3.8, 4) is 17.5 Å². The molecule has 0 spiro atoms. The van der Waals surface area contributed by atoms with Crippen molar-refractivity contribution in [2.24, 2.45) is 7.05 Å². The van der Waals surface area contributed by atoms with Crippen LogP contribution < -0.4 is 10.3 Å². The van der Waals surface area contributed by atoms with E-state index in [0.717, 1.165) is 22.4 Å². The summed E-state index contributed by atoms with van der Waals surface area (Å²) in [5.74, 6) is -0.612. The van der Waals surface area contributed by atoms with Gasteiger partial charge in [0.25, 0.3) is 5.56 Å². The van der Waals surface area contributed by atoms with E-state index in [2.05, 4.69) is 6.07 Å². The van der Waals surface area contributed by atoms with Crippen molar-refractivity contribution in [1.29, 1.82) is 5.26 Å². The van der Waals surface area contributed by atoms with Gasteiger partial charge in [-0.05, 0) is 79.3 Å². The fourth-order valence-electron chi connectivity index (χ4n) is 5.28. The first-order valence-electron chi connectivity index (χ1n) is 13.5. The molecule has 0 aliphatic rings. The van der Waals surface area contributed by atoms with Crippen LogP contribution in [-0.4, -0.2) is 34.0 Å². The smallest absolute Gasteiger partial charge is 0.359 e. The van der Waals surface area contributed by atoms with Crippen LogP contribution in [0.25, 0.3) is 5.69 Å². The molecule has 2 heterocycles. The Morgan fingerprint density at radius 1 is 1.14 bits per heavy atom. The first kappa shape index (κ1) is 30.9. The van der Waals surface area contributed by atoms with Crippen molar-refractivity contribution in [3.63, 3.8) is 0 Å². The molecule has 0 saturated heterocycles. The average Bonchev–Trinajstić information content (AvgIpc) is 3.35. The SMILES string of the molecule is CCOC(=O)c1nn(-c2cc(C#N)ccc2OC)c(C(C)C)c1C(Cc1cc(Cl)c(=O)n(C)c1)c1ccc(Cl)cc1C. The number of nitriles is 1. The first-order chi connectivity index (χ1) is 20.0. The normalized spacial score (nSPS) is 11.8. The minimum Gasteiger partial charge on any atom is -0.494 e. The topological polar surface area (TPSA) is 99.1 Å². The molecule has 0 amide bonds. The number of nitrogens with zero attached hydrogens (tertiary/aromatic N) is 4. The molecule has 42 heavy (non-hydrogen) atoms. The molecule has 0 aliphatic heterocycles. The summed E-state index contributed by atoms with van der Waals surface area (Å²) in [5, 5.41) is 15.2. The molecule has 0 fully saturated rings. The van der Waals surface area contributed by atoms with E-state index in [1.54, 1.807) is 56.2 Å². The number of aromatic nitrogens is 3. The van der Waals surface area contributed by atoms with Crippen LogP contribution in [0.5, 0.6) is 5.75 Å². The Bertz CT molecular complexity index is 1720. The number of rotatable bonds is 9. The van der Waals surface area contributed by atoms with Gasteiger partial charge in [0.2, 0.25) is 0 Å². The van der Waals surface area contributed by atoms with Crippen LogP contribution in [0.15, 0.2) is 53.5 Å². The lowest BCUT2D eigenvalue weighted by Gasteiger charge is -2.24. The Hall–Kier alpha value is -4.06. The molecular formula is C32H32Cl2N4O4. The average molecular weight is 608 g/mol. The third-order valence-corrected chi connectivity index (χ3v) is 7.61. The predicted octanol–water partition coefficient (Wildman–Crippen LogP) is 6.74. The molecule has 0 saturated carbocycles. The van der Waals surface area contributed by atoms with Crippen LogP contribution >= 0.6 is 23.2 Å². The number of methoxy groups -OCH3 is 1. The van der Waals surface area contributed by atoms with E-state index < -0.39 is 11.9 Å². The zero-order chi connectivity index (χ0) is 30.7. The molecule has 4 rings (SSSR count). The molecule has 8 nitrogen and oxygen atoms in total. The Kier molecular flexibility index (Phi) is 9.45. The fourth-order valence-corrected chi connectivity index (χ4v) is 5.78. The maximum Gasteiger partial charge on any atom is 0.359 e. The summed E-state index contributed by atoms with van der Waals surface area (Å²) in [4.78, 5) is 26.0. The van der Waals surface area contributed by atoms with Crippen molar-refractivity contribution >= 4 is 29.2 Å². The number of carbonyl (C=O) groups is 1. The van der Waals surface area contributed by atoms with Gasteiger partial charge in [-0.3, -0.25) is 4.79 Å². The largest absolute Gasteiger partial charge is 0.494 e. The summed E-state index contributed by atoms with van der Waals surface area (Å²) in [6, 6.07) is 14.5. The number of pyridine rings is 1. The van der Waals surface area contributed by atoms with Gasteiger partial charge < -0.3 is 14.0 Å². The fraction of sp³-hybridized carbons (Fsp3) is 0.312. The molecule has 4 aromatic rings.